The number of hydrogen-bond acceptors (Lipinski definition) is 1. The van der Waals surface area contributed by atoms with Crippen LogP contribution in [0.2, 0.25) is 0 Å². The smallest absolute Gasteiger partial charge is 0.145 e. The summed E-state index contributed by atoms with van der Waals surface area (Å²) in [6.45, 7) is 11.1. The molecule has 15 heavy (non-hydrogen) atoms. The molecule has 0 radical (unpaired) electrons. The van der Waals surface area contributed by atoms with Gasteiger partial charge in [0.15, 0.2) is 0 Å². The fraction of sp³-hybridized carbons (Fsp3) is 0.786. The van der Waals surface area contributed by atoms with E-state index in [9.17, 15) is 4.79 Å². The Morgan fingerprint density at radius 1 is 1.27 bits per heavy atom. The van der Waals surface area contributed by atoms with Gasteiger partial charge >= 0.3 is 0 Å². The third-order valence-electron chi connectivity index (χ3n) is 4.79. The highest BCUT2D eigenvalue weighted by atomic mass is 16.1. The molecule has 2 rings (SSSR count). The van der Waals surface area contributed by atoms with Crippen LogP contribution in [0.4, 0.5) is 0 Å². The van der Waals surface area contributed by atoms with Crippen molar-refractivity contribution in [1.82, 2.24) is 0 Å². The molecule has 0 aromatic rings. The van der Waals surface area contributed by atoms with E-state index >= 15 is 0 Å². The molecule has 2 aliphatic carbocycles. The van der Waals surface area contributed by atoms with Crippen molar-refractivity contribution < 1.29 is 4.79 Å². The molecule has 0 aromatic carbocycles. The SMILES string of the molecule is CC1=CC2CC(CC(C)(C)C2=O)C1(C)C. The number of hydrogen-bond donors (Lipinski definition) is 0. The van der Waals surface area contributed by atoms with Crippen LogP contribution in [0.3, 0.4) is 0 Å². The largest absolute Gasteiger partial charge is 0.298 e. The first-order valence-electron chi connectivity index (χ1n) is 5.98. The zero-order valence-corrected chi connectivity index (χ0v) is 10.6. The summed E-state index contributed by atoms with van der Waals surface area (Å²) >= 11 is 0. The minimum atomic E-state index is -0.109. The summed E-state index contributed by atoms with van der Waals surface area (Å²) in [6.07, 6.45) is 4.35. The van der Waals surface area contributed by atoms with Gasteiger partial charge in [-0.05, 0) is 31.1 Å². The molecule has 1 nitrogen and oxygen atoms in total. The quantitative estimate of drug-likeness (QED) is 0.553. The summed E-state index contributed by atoms with van der Waals surface area (Å²) in [6, 6.07) is 0. The first-order chi connectivity index (χ1) is 6.75. The fourth-order valence-electron chi connectivity index (χ4n) is 3.25. The number of Topliss-reactive ketones (excluding diaryl/α,β-unsaturated/α-hetero) is 1. The minimum absolute atomic E-state index is 0.109. The molecule has 0 spiro atoms. The van der Waals surface area contributed by atoms with Gasteiger partial charge in [0.1, 0.15) is 5.78 Å². The van der Waals surface area contributed by atoms with Crippen molar-refractivity contribution in [2.24, 2.45) is 22.7 Å². The van der Waals surface area contributed by atoms with Gasteiger partial charge in [0.2, 0.25) is 0 Å². The predicted molar refractivity (Wildman–Crippen MR) is 62.5 cm³/mol. The lowest BCUT2D eigenvalue weighted by Crippen LogP contribution is -2.46. The van der Waals surface area contributed by atoms with Gasteiger partial charge in [-0.1, -0.05) is 39.3 Å². The zero-order chi connectivity index (χ0) is 11.4. The Bertz CT molecular complexity index is 333. The van der Waals surface area contributed by atoms with Gasteiger partial charge in [0.05, 0.1) is 0 Å². The number of carbonyl (C=O) groups excluding carboxylic acids is 1. The third kappa shape index (κ3) is 1.47. The van der Waals surface area contributed by atoms with E-state index in [-0.39, 0.29) is 16.7 Å². The molecule has 0 N–H and O–H groups in total. The lowest BCUT2D eigenvalue weighted by atomic mass is 9.54. The van der Waals surface area contributed by atoms with E-state index in [0.29, 0.717) is 11.7 Å². The standard InChI is InChI=1S/C14H22O/c1-9-6-10-7-11(14(9,4)5)8-13(2,3)12(10)15/h6,10-11H,7-8H2,1-5H3. The molecule has 0 aromatic heterocycles. The molecular formula is C14H22O. The topological polar surface area (TPSA) is 17.1 Å². The van der Waals surface area contributed by atoms with Crippen molar-refractivity contribution in [3.05, 3.63) is 11.6 Å². The van der Waals surface area contributed by atoms with Crippen LogP contribution in [-0.2, 0) is 4.79 Å². The predicted octanol–water partition coefficient (Wildman–Crippen LogP) is 3.59. The Kier molecular flexibility index (Phi) is 2.15. The van der Waals surface area contributed by atoms with E-state index in [2.05, 4.69) is 40.7 Å². The summed E-state index contributed by atoms with van der Waals surface area (Å²) in [7, 11) is 0. The Labute approximate surface area is 92.9 Å². The van der Waals surface area contributed by atoms with Crippen molar-refractivity contribution in [3.63, 3.8) is 0 Å². The monoisotopic (exact) mass is 206 g/mol. The maximum Gasteiger partial charge on any atom is 0.145 e. The van der Waals surface area contributed by atoms with Crippen LogP contribution in [0.1, 0.15) is 47.5 Å². The molecule has 0 amide bonds. The molecule has 2 aliphatic rings. The molecule has 84 valence electrons. The Hall–Kier alpha value is -0.590. The number of fused-ring (bicyclic) bond motifs is 2. The van der Waals surface area contributed by atoms with Gasteiger partial charge in [-0.25, -0.2) is 0 Å². The number of carbonyl (C=O) groups is 1. The van der Waals surface area contributed by atoms with Crippen LogP contribution in [-0.4, -0.2) is 5.78 Å². The maximum atomic E-state index is 12.2. The normalized spacial score (nSPS) is 37.4. The minimum Gasteiger partial charge on any atom is -0.298 e. The van der Waals surface area contributed by atoms with Crippen LogP contribution < -0.4 is 0 Å². The Morgan fingerprint density at radius 3 is 2.47 bits per heavy atom. The highest BCUT2D eigenvalue weighted by molar-refractivity contribution is 5.89. The molecule has 1 saturated carbocycles. The fourth-order valence-corrected chi connectivity index (χ4v) is 3.25. The van der Waals surface area contributed by atoms with Crippen LogP contribution in [0.15, 0.2) is 11.6 Å². The van der Waals surface area contributed by atoms with Crippen LogP contribution >= 0.6 is 0 Å². The van der Waals surface area contributed by atoms with E-state index in [1.54, 1.807) is 0 Å². The first kappa shape index (κ1) is 10.9. The van der Waals surface area contributed by atoms with Crippen molar-refractivity contribution in [3.8, 4) is 0 Å². The Morgan fingerprint density at radius 2 is 1.87 bits per heavy atom. The second-order valence-corrected chi connectivity index (χ2v) is 6.56. The summed E-state index contributed by atoms with van der Waals surface area (Å²) in [5, 5.41) is 0. The molecule has 1 fully saturated rings. The van der Waals surface area contributed by atoms with Crippen LogP contribution in [0, 0.1) is 22.7 Å². The molecular weight excluding hydrogens is 184 g/mol. The molecule has 2 bridgehead atoms. The van der Waals surface area contributed by atoms with Crippen LogP contribution in [0.25, 0.3) is 0 Å². The Balaban J connectivity index is 2.44. The third-order valence-corrected chi connectivity index (χ3v) is 4.79. The second-order valence-electron chi connectivity index (χ2n) is 6.56. The van der Waals surface area contributed by atoms with E-state index in [1.165, 1.54) is 5.57 Å². The first-order valence-corrected chi connectivity index (χ1v) is 5.98. The van der Waals surface area contributed by atoms with Gasteiger partial charge in [-0.15, -0.1) is 0 Å². The number of rotatable bonds is 0. The van der Waals surface area contributed by atoms with Gasteiger partial charge in [-0.3, -0.25) is 4.79 Å². The van der Waals surface area contributed by atoms with E-state index < -0.39 is 0 Å². The summed E-state index contributed by atoms with van der Waals surface area (Å²) in [5.41, 5.74) is 1.59. The van der Waals surface area contributed by atoms with E-state index in [1.807, 2.05) is 0 Å². The number of ketones is 1. The molecule has 0 heterocycles. The van der Waals surface area contributed by atoms with E-state index in [0.717, 1.165) is 12.8 Å². The molecule has 0 aliphatic heterocycles. The lowest BCUT2D eigenvalue weighted by molar-refractivity contribution is -0.136. The van der Waals surface area contributed by atoms with Crippen molar-refractivity contribution in [2.45, 2.75) is 47.5 Å². The number of allylic oxidation sites excluding steroid dienone is 2. The van der Waals surface area contributed by atoms with Crippen LogP contribution in [0.5, 0.6) is 0 Å². The molecule has 2 unspecified atom stereocenters. The lowest BCUT2D eigenvalue weighted by Gasteiger charge is -2.49. The second kappa shape index (κ2) is 2.96. The van der Waals surface area contributed by atoms with Crippen molar-refractivity contribution in [2.75, 3.05) is 0 Å². The van der Waals surface area contributed by atoms with Crippen molar-refractivity contribution >= 4 is 5.78 Å². The maximum absolute atomic E-state index is 12.2. The molecule has 1 heteroatoms. The molecule has 0 saturated heterocycles. The van der Waals surface area contributed by atoms with Gasteiger partial charge in [0, 0.05) is 11.3 Å². The average Bonchev–Trinajstić information content (AvgIpc) is 2.10. The highest BCUT2D eigenvalue weighted by Gasteiger charge is 2.48. The van der Waals surface area contributed by atoms with E-state index in [4.69, 9.17) is 0 Å². The summed E-state index contributed by atoms with van der Waals surface area (Å²) in [4.78, 5) is 12.2. The summed E-state index contributed by atoms with van der Waals surface area (Å²) < 4.78 is 0. The average molecular weight is 206 g/mol. The van der Waals surface area contributed by atoms with Gasteiger partial charge in [0.25, 0.3) is 0 Å². The van der Waals surface area contributed by atoms with Crippen molar-refractivity contribution in [1.29, 1.82) is 0 Å². The zero-order valence-electron chi connectivity index (χ0n) is 10.6. The summed E-state index contributed by atoms with van der Waals surface area (Å²) in [5.74, 6) is 1.33. The molecule has 2 atom stereocenters. The van der Waals surface area contributed by atoms with Gasteiger partial charge in [-0.2, -0.15) is 0 Å². The van der Waals surface area contributed by atoms with Gasteiger partial charge < -0.3 is 0 Å². The highest BCUT2D eigenvalue weighted by Crippen LogP contribution is 2.53.